The van der Waals surface area contributed by atoms with E-state index in [4.69, 9.17) is 4.74 Å². The quantitative estimate of drug-likeness (QED) is 0.486. The van der Waals surface area contributed by atoms with Crippen LogP contribution in [0.4, 0.5) is 4.39 Å². The van der Waals surface area contributed by atoms with Gasteiger partial charge in [-0.15, -0.1) is 0 Å². The lowest BCUT2D eigenvalue weighted by atomic mass is 10.0. The van der Waals surface area contributed by atoms with Crippen LogP contribution in [-0.2, 0) is 0 Å². The van der Waals surface area contributed by atoms with Crippen LogP contribution in [0.1, 0.15) is 37.4 Å². The van der Waals surface area contributed by atoms with Crippen LogP contribution in [0.25, 0.3) is 0 Å². The molecule has 0 amide bonds. The van der Waals surface area contributed by atoms with E-state index in [9.17, 15) is 9.50 Å². The molecule has 0 saturated carbocycles. The Hall–Kier alpha value is -1.39. The van der Waals surface area contributed by atoms with Crippen LogP contribution in [0.3, 0.4) is 0 Å². The lowest BCUT2D eigenvalue weighted by molar-refractivity contribution is 0.163. The molecule has 0 aliphatic carbocycles. The summed E-state index contributed by atoms with van der Waals surface area (Å²) in [6.45, 7) is 0. The standard InChI is InChI=1S/C18H20BrFO2/c19-13-3-1-2-4-18(21)14-5-9-16(10-6-14)22-17-11-7-15(20)8-12-17/h5-12,18,21H,1-4,13H2. The third kappa shape index (κ3) is 5.43. The van der Waals surface area contributed by atoms with Gasteiger partial charge in [-0.2, -0.15) is 0 Å². The molecule has 0 saturated heterocycles. The molecule has 2 nitrogen and oxygen atoms in total. The number of alkyl halides is 1. The molecule has 0 heterocycles. The lowest BCUT2D eigenvalue weighted by Crippen LogP contribution is -1.97. The fourth-order valence-electron chi connectivity index (χ4n) is 2.17. The summed E-state index contributed by atoms with van der Waals surface area (Å²) >= 11 is 3.40. The van der Waals surface area contributed by atoms with Crippen molar-refractivity contribution in [3.8, 4) is 11.5 Å². The van der Waals surface area contributed by atoms with Gasteiger partial charge in [-0.1, -0.05) is 40.9 Å². The first-order valence-corrected chi connectivity index (χ1v) is 8.58. The minimum atomic E-state index is -0.435. The van der Waals surface area contributed by atoms with Gasteiger partial charge in [0.05, 0.1) is 6.10 Å². The van der Waals surface area contributed by atoms with Gasteiger partial charge in [-0.3, -0.25) is 0 Å². The molecule has 2 aromatic carbocycles. The van der Waals surface area contributed by atoms with Gasteiger partial charge in [-0.05, 0) is 54.8 Å². The maximum Gasteiger partial charge on any atom is 0.127 e. The molecule has 2 rings (SSSR count). The van der Waals surface area contributed by atoms with Gasteiger partial charge < -0.3 is 9.84 Å². The molecular weight excluding hydrogens is 347 g/mol. The molecule has 0 bridgehead atoms. The van der Waals surface area contributed by atoms with Crippen LogP contribution in [0.5, 0.6) is 11.5 Å². The van der Waals surface area contributed by atoms with E-state index >= 15 is 0 Å². The SMILES string of the molecule is OC(CCCCCBr)c1ccc(Oc2ccc(F)cc2)cc1. The number of unbranched alkanes of at least 4 members (excludes halogenated alkanes) is 2. The molecule has 0 aliphatic heterocycles. The van der Waals surface area contributed by atoms with Gasteiger partial charge in [0.15, 0.2) is 0 Å². The molecule has 2 aromatic rings. The summed E-state index contributed by atoms with van der Waals surface area (Å²) in [6, 6.07) is 13.3. The molecule has 118 valence electrons. The zero-order valence-corrected chi connectivity index (χ0v) is 13.9. The second-order valence-corrected chi connectivity index (χ2v) is 5.97. The van der Waals surface area contributed by atoms with Crippen LogP contribution in [0.2, 0.25) is 0 Å². The smallest absolute Gasteiger partial charge is 0.127 e. The van der Waals surface area contributed by atoms with Crippen molar-refractivity contribution in [3.63, 3.8) is 0 Å². The fourth-order valence-corrected chi connectivity index (χ4v) is 2.57. The molecular formula is C18H20BrFO2. The van der Waals surface area contributed by atoms with Crippen molar-refractivity contribution < 1.29 is 14.2 Å². The molecule has 1 atom stereocenters. The second kappa shape index (κ2) is 8.91. The van der Waals surface area contributed by atoms with Gasteiger partial charge >= 0.3 is 0 Å². The van der Waals surface area contributed by atoms with Crippen molar-refractivity contribution in [3.05, 3.63) is 59.9 Å². The molecule has 4 heteroatoms. The zero-order chi connectivity index (χ0) is 15.8. The second-order valence-electron chi connectivity index (χ2n) is 5.18. The van der Waals surface area contributed by atoms with Gasteiger partial charge in [0.2, 0.25) is 0 Å². The monoisotopic (exact) mass is 366 g/mol. The molecule has 0 fully saturated rings. The number of ether oxygens (including phenoxy) is 1. The van der Waals surface area contributed by atoms with Crippen molar-refractivity contribution in [2.75, 3.05) is 5.33 Å². The first-order valence-electron chi connectivity index (χ1n) is 7.46. The number of hydrogen-bond donors (Lipinski definition) is 1. The molecule has 0 radical (unpaired) electrons. The minimum Gasteiger partial charge on any atom is -0.457 e. The maximum atomic E-state index is 12.8. The largest absolute Gasteiger partial charge is 0.457 e. The number of aliphatic hydroxyl groups excluding tert-OH is 1. The number of hydrogen-bond acceptors (Lipinski definition) is 2. The molecule has 1 unspecified atom stereocenters. The molecule has 0 aliphatic rings. The summed E-state index contributed by atoms with van der Waals surface area (Å²) < 4.78 is 18.5. The van der Waals surface area contributed by atoms with Crippen LogP contribution in [0, 0.1) is 5.82 Å². The summed E-state index contributed by atoms with van der Waals surface area (Å²) in [5.74, 6) is 0.969. The Bertz CT molecular complexity index is 554. The summed E-state index contributed by atoms with van der Waals surface area (Å²) in [5.41, 5.74) is 0.894. The Labute approximate surface area is 139 Å². The van der Waals surface area contributed by atoms with Crippen molar-refractivity contribution in [1.29, 1.82) is 0 Å². The van der Waals surface area contributed by atoms with Gasteiger partial charge in [0.25, 0.3) is 0 Å². The average molecular weight is 367 g/mol. The molecule has 22 heavy (non-hydrogen) atoms. The van der Waals surface area contributed by atoms with Crippen molar-refractivity contribution in [1.82, 2.24) is 0 Å². The Morgan fingerprint density at radius 1 is 0.909 bits per heavy atom. The van der Waals surface area contributed by atoms with Gasteiger partial charge in [-0.25, -0.2) is 4.39 Å². The average Bonchev–Trinajstić information content (AvgIpc) is 2.54. The number of rotatable bonds is 8. The highest BCUT2D eigenvalue weighted by Gasteiger charge is 2.07. The summed E-state index contributed by atoms with van der Waals surface area (Å²) in [7, 11) is 0. The number of aliphatic hydroxyl groups is 1. The molecule has 0 aromatic heterocycles. The van der Waals surface area contributed by atoms with Crippen LogP contribution >= 0.6 is 15.9 Å². The predicted octanol–water partition coefficient (Wildman–Crippen LogP) is 5.61. The van der Waals surface area contributed by atoms with E-state index in [1.54, 1.807) is 12.1 Å². The van der Waals surface area contributed by atoms with Crippen LogP contribution < -0.4 is 4.74 Å². The highest BCUT2D eigenvalue weighted by molar-refractivity contribution is 9.09. The lowest BCUT2D eigenvalue weighted by Gasteiger charge is -2.12. The topological polar surface area (TPSA) is 29.5 Å². The van der Waals surface area contributed by atoms with Crippen molar-refractivity contribution in [2.45, 2.75) is 31.8 Å². The van der Waals surface area contributed by atoms with E-state index in [1.165, 1.54) is 12.1 Å². The van der Waals surface area contributed by atoms with E-state index < -0.39 is 6.10 Å². The van der Waals surface area contributed by atoms with Crippen LogP contribution in [0.15, 0.2) is 48.5 Å². The van der Waals surface area contributed by atoms with Gasteiger partial charge in [0, 0.05) is 5.33 Å². The Balaban J connectivity index is 1.88. The number of benzene rings is 2. The van der Waals surface area contributed by atoms with E-state index in [2.05, 4.69) is 15.9 Å². The highest BCUT2D eigenvalue weighted by Crippen LogP contribution is 2.25. The summed E-state index contributed by atoms with van der Waals surface area (Å²) in [5, 5.41) is 11.1. The van der Waals surface area contributed by atoms with E-state index in [0.717, 1.165) is 36.6 Å². The van der Waals surface area contributed by atoms with Crippen molar-refractivity contribution in [2.24, 2.45) is 0 Å². The molecule has 0 spiro atoms. The summed E-state index contributed by atoms with van der Waals surface area (Å²) in [4.78, 5) is 0. The molecule has 1 N–H and O–H groups in total. The van der Waals surface area contributed by atoms with Gasteiger partial charge in [0.1, 0.15) is 17.3 Å². The normalized spacial score (nSPS) is 12.1. The third-order valence-corrected chi connectivity index (χ3v) is 3.99. The highest BCUT2D eigenvalue weighted by atomic mass is 79.9. The fraction of sp³-hybridized carbons (Fsp3) is 0.333. The first-order chi connectivity index (χ1) is 10.7. The Morgan fingerprint density at radius 3 is 2.09 bits per heavy atom. The van der Waals surface area contributed by atoms with E-state index in [0.29, 0.717) is 11.5 Å². The zero-order valence-electron chi connectivity index (χ0n) is 12.3. The Morgan fingerprint density at radius 2 is 1.50 bits per heavy atom. The minimum absolute atomic E-state index is 0.286. The Kier molecular flexibility index (Phi) is 6.87. The number of halogens is 2. The predicted molar refractivity (Wildman–Crippen MR) is 90.1 cm³/mol. The summed E-state index contributed by atoms with van der Waals surface area (Å²) in [6.07, 6.45) is 3.60. The maximum absolute atomic E-state index is 12.8. The third-order valence-electron chi connectivity index (χ3n) is 3.43. The van der Waals surface area contributed by atoms with Crippen LogP contribution in [-0.4, -0.2) is 10.4 Å². The van der Waals surface area contributed by atoms with E-state index in [1.807, 2.05) is 24.3 Å². The first kappa shape index (κ1) is 17.0. The van der Waals surface area contributed by atoms with E-state index in [-0.39, 0.29) is 5.82 Å². The van der Waals surface area contributed by atoms with Crippen molar-refractivity contribution >= 4 is 15.9 Å².